The van der Waals surface area contributed by atoms with E-state index in [1.165, 1.54) is 13.2 Å². The van der Waals surface area contributed by atoms with Crippen LogP contribution in [-0.2, 0) is 0 Å². The van der Waals surface area contributed by atoms with Crippen LogP contribution in [0.25, 0.3) is 0 Å². The maximum Gasteiger partial charge on any atom is 0.192 e. The number of ketones is 1. The van der Waals surface area contributed by atoms with Gasteiger partial charge in [-0.2, -0.15) is 0 Å². The van der Waals surface area contributed by atoms with Gasteiger partial charge < -0.3 is 14.9 Å². The zero-order chi connectivity index (χ0) is 10.7. The Morgan fingerprint density at radius 2 is 2.14 bits per heavy atom. The number of ether oxygens (including phenoxy) is 1. The number of hydrogen-bond acceptors (Lipinski definition) is 4. The first kappa shape index (κ1) is 10.1. The van der Waals surface area contributed by atoms with E-state index in [2.05, 4.69) is 6.58 Å². The molecular weight excluding hydrogens is 184 g/mol. The molecule has 74 valence electrons. The van der Waals surface area contributed by atoms with Gasteiger partial charge in [-0.25, -0.2) is 0 Å². The predicted octanol–water partition coefficient (Wildman–Crippen LogP) is 1.48. The SMILES string of the molecule is C=CC(=O)c1c(O)cc(O)cc1OC. The molecule has 0 fully saturated rings. The molecule has 0 aliphatic heterocycles. The Hall–Kier alpha value is -1.97. The lowest BCUT2D eigenvalue weighted by molar-refractivity contribution is 0.104. The van der Waals surface area contributed by atoms with Crippen molar-refractivity contribution in [3.63, 3.8) is 0 Å². The molecule has 0 amide bonds. The zero-order valence-corrected chi connectivity index (χ0v) is 7.65. The van der Waals surface area contributed by atoms with Gasteiger partial charge in [0.25, 0.3) is 0 Å². The van der Waals surface area contributed by atoms with Gasteiger partial charge >= 0.3 is 0 Å². The molecule has 4 heteroatoms. The van der Waals surface area contributed by atoms with Crippen molar-refractivity contribution in [2.75, 3.05) is 7.11 Å². The lowest BCUT2D eigenvalue weighted by Gasteiger charge is -2.08. The minimum Gasteiger partial charge on any atom is -0.508 e. The average molecular weight is 194 g/mol. The molecule has 0 saturated carbocycles. The highest BCUT2D eigenvalue weighted by atomic mass is 16.5. The summed E-state index contributed by atoms with van der Waals surface area (Å²) in [5.74, 6) is -0.835. The van der Waals surface area contributed by atoms with Crippen LogP contribution in [0.2, 0.25) is 0 Å². The Morgan fingerprint density at radius 1 is 1.50 bits per heavy atom. The van der Waals surface area contributed by atoms with Crippen LogP contribution in [0.5, 0.6) is 17.2 Å². The third-order valence-electron chi connectivity index (χ3n) is 1.72. The molecule has 1 rings (SSSR count). The van der Waals surface area contributed by atoms with Crippen LogP contribution in [0.1, 0.15) is 10.4 Å². The number of allylic oxidation sites excluding steroid dienone is 1. The van der Waals surface area contributed by atoms with Gasteiger partial charge in [-0.1, -0.05) is 6.58 Å². The summed E-state index contributed by atoms with van der Waals surface area (Å²) in [6.07, 6.45) is 1.06. The molecule has 4 nitrogen and oxygen atoms in total. The first-order valence-corrected chi connectivity index (χ1v) is 3.87. The fourth-order valence-electron chi connectivity index (χ4n) is 1.10. The van der Waals surface area contributed by atoms with Gasteiger partial charge in [0.1, 0.15) is 22.8 Å². The number of carbonyl (C=O) groups is 1. The van der Waals surface area contributed by atoms with Crippen molar-refractivity contribution < 1.29 is 19.7 Å². The van der Waals surface area contributed by atoms with Gasteiger partial charge in [0.05, 0.1) is 7.11 Å². The summed E-state index contributed by atoms with van der Waals surface area (Å²) in [7, 11) is 1.34. The van der Waals surface area contributed by atoms with E-state index in [-0.39, 0.29) is 22.8 Å². The highest BCUT2D eigenvalue weighted by Gasteiger charge is 2.15. The van der Waals surface area contributed by atoms with E-state index < -0.39 is 5.78 Å². The Morgan fingerprint density at radius 3 is 2.64 bits per heavy atom. The number of phenolic OH excluding ortho intramolecular Hbond substituents is 2. The molecule has 14 heavy (non-hydrogen) atoms. The van der Waals surface area contributed by atoms with Gasteiger partial charge in [0.15, 0.2) is 5.78 Å². The molecule has 0 atom stereocenters. The smallest absolute Gasteiger partial charge is 0.192 e. The average Bonchev–Trinajstić information content (AvgIpc) is 2.15. The van der Waals surface area contributed by atoms with Crippen LogP contribution in [0, 0.1) is 0 Å². The second-order valence-corrected chi connectivity index (χ2v) is 2.61. The number of methoxy groups -OCH3 is 1. The molecule has 0 radical (unpaired) electrons. The number of phenols is 2. The van der Waals surface area contributed by atoms with Crippen LogP contribution >= 0.6 is 0 Å². The first-order valence-electron chi connectivity index (χ1n) is 3.87. The van der Waals surface area contributed by atoms with Crippen LogP contribution < -0.4 is 4.74 Å². The van der Waals surface area contributed by atoms with Crippen molar-refractivity contribution in [1.29, 1.82) is 0 Å². The predicted molar refractivity (Wildman–Crippen MR) is 50.9 cm³/mol. The molecule has 0 heterocycles. The standard InChI is InChI=1S/C10H10O4/c1-3-7(12)10-8(13)4-6(11)5-9(10)14-2/h3-5,11,13H,1H2,2H3. The molecule has 1 aromatic rings. The van der Waals surface area contributed by atoms with Crippen molar-refractivity contribution in [3.05, 3.63) is 30.4 Å². The topological polar surface area (TPSA) is 66.8 Å². The Labute approximate surface area is 81.1 Å². The Bertz CT molecular complexity index is 382. The van der Waals surface area contributed by atoms with Crippen LogP contribution in [0.15, 0.2) is 24.8 Å². The molecule has 0 unspecified atom stereocenters. The molecular formula is C10H10O4. The third-order valence-corrected chi connectivity index (χ3v) is 1.72. The van der Waals surface area contributed by atoms with E-state index >= 15 is 0 Å². The third kappa shape index (κ3) is 1.69. The number of carbonyl (C=O) groups excluding carboxylic acids is 1. The second-order valence-electron chi connectivity index (χ2n) is 2.61. The molecule has 0 spiro atoms. The number of aromatic hydroxyl groups is 2. The van der Waals surface area contributed by atoms with Crippen LogP contribution in [0.4, 0.5) is 0 Å². The van der Waals surface area contributed by atoms with E-state index in [4.69, 9.17) is 9.84 Å². The van der Waals surface area contributed by atoms with Crippen LogP contribution in [0.3, 0.4) is 0 Å². The van der Waals surface area contributed by atoms with Gasteiger partial charge in [-0.3, -0.25) is 4.79 Å². The van der Waals surface area contributed by atoms with Crippen molar-refractivity contribution in [3.8, 4) is 17.2 Å². The molecule has 0 saturated heterocycles. The van der Waals surface area contributed by atoms with Crippen LogP contribution in [-0.4, -0.2) is 23.1 Å². The van der Waals surface area contributed by atoms with E-state index in [9.17, 15) is 9.90 Å². The van der Waals surface area contributed by atoms with E-state index in [1.807, 2.05) is 0 Å². The minimum atomic E-state index is -0.459. The molecule has 0 aromatic heterocycles. The van der Waals surface area contributed by atoms with Crippen molar-refractivity contribution >= 4 is 5.78 Å². The molecule has 0 aliphatic carbocycles. The fraction of sp³-hybridized carbons (Fsp3) is 0.100. The number of benzene rings is 1. The van der Waals surface area contributed by atoms with Gasteiger partial charge in [0, 0.05) is 12.1 Å². The molecule has 0 aliphatic rings. The number of rotatable bonds is 3. The van der Waals surface area contributed by atoms with Crippen molar-refractivity contribution in [2.24, 2.45) is 0 Å². The summed E-state index contributed by atoms with van der Waals surface area (Å²) in [5.41, 5.74) is 0.000278. The summed E-state index contributed by atoms with van der Waals surface area (Å²) >= 11 is 0. The van der Waals surface area contributed by atoms with E-state index in [1.54, 1.807) is 0 Å². The summed E-state index contributed by atoms with van der Waals surface area (Å²) < 4.78 is 4.84. The second kappa shape index (κ2) is 3.83. The first-order chi connectivity index (χ1) is 6.60. The highest BCUT2D eigenvalue weighted by Crippen LogP contribution is 2.32. The van der Waals surface area contributed by atoms with E-state index in [0.29, 0.717) is 0 Å². The lowest BCUT2D eigenvalue weighted by Crippen LogP contribution is -1.98. The maximum absolute atomic E-state index is 11.3. The molecule has 2 N–H and O–H groups in total. The Kier molecular flexibility index (Phi) is 2.76. The van der Waals surface area contributed by atoms with Gasteiger partial charge in [-0.15, -0.1) is 0 Å². The minimum absolute atomic E-state index is 0.000278. The quantitative estimate of drug-likeness (QED) is 0.565. The summed E-state index contributed by atoms with van der Waals surface area (Å²) in [4.78, 5) is 11.3. The molecule has 1 aromatic carbocycles. The highest BCUT2D eigenvalue weighted by molar-refractivity contribution is 6.08. The monoisotopic (exact) mass is 194 g/mol. The Balaban J connectivity index is 3.39. The van der Waals surface area contributed by atoms with Gasteiger partial charge in [0.2, 0.25) is 0 Å². The van der Waals surface area contributed by atoms with E-state index in [0.717, 1.165) is 12.1 Å². The fourth-order valence-corrected chi connectivity index (χ4v) is 1.10. The number of hydrogen-bond donors (Lipinski definition) is 2. The molecule has 0 bridgehead atoms. The van der Waals surface area contributed by atoms with Gasteiger partial charge in [-0.05, 0) is 6.08 Å². The zero-order valence-electron chi connectivity index (χ0n) is 7.65. The summed E-state index contributed by atoms with van der Waals surface area (Å²) in [6, 6.07) is 2.32. The summed E-state index contributed by atoms with van der Waals surface area (Å²) in [5, 5.41) is 18.5. The summed E-state index contributed by atoms with van der Waals surface area (Å²) in [6.45, 7) is 3.30. The normalized spacial score (nSPS) is 9.50. The lowest BCUT2D eigenvalue weighted by atomic mass is 10.1. The van der Waals surface area contributed by atoms with Crippen molar-refractivity contribution in [1.82, 2.24) is 0 Å². The maximum atomic E-state index is 11.3. The largest absolute Gasteiger partial charge is 0.508 e. The van der Waals surface area contributed by atoms with Crippen molar-refractivity contribution in [2.45, 2.75) is 0 Å².